The summed E-state index contributed by atoms with van der Waals surface area (Å²) in [5.74, 6) is 0.713. The highest BCUT2D eigenvalue weighted by Gasteiger charge is 2.16. The van der Waals surface area contributed by atoms with Crippen molar-refractivity contribution in [2.24, 2.45) is 5.73 Å². The lowest BCUT2D eigenvalue weighted by molar-refractivity contribution is -0.123. The van der Waals surface area contributed by atoms with Crippen molar-refractivity contribution in [1.29, 1.82) is 0 Å². The molecule has 1 aromatic carbocycles. The minimum Gasteiger partial charge on any atom is -0.497 e. The van der Waals surface area contributed by atoms with Gasteiger partial charge in [0, 0.05) is 0 Å². The molecule has 0 aromatic heterocycles. The van der Waals surface area contributed by atoms with Crippen molar-refractivity contribution in [3.63, 3.8) is 0 Å². The minimum absolute atomic E-state index is 0.000932. The molecule has 4 heteroatoms. The lowest BCUT2D eigenvalue weighted by Gasteiger charge is -2.20. The van der Waals surface area contributed by atoms with Gasteiger partial charge in [-0.2, -0.15) is 0 Å². The van der Waals surface area contributed by atoms with Gasteiger partial charge in [0.15, 0.2) is 0 Å². The number of ether oxygens (including phenoxy) is 1. The third-order valence-electron chi connectivity index (χ3n) is 3.02. The van der Waals surface area contributed by atoms with Crippen molar-refractivity contribution >= 4 is 5.91 Å². The van der Waals surface area contributed by atoms with Crippen molar-refractivity contribution in [2.45, 2.75) is 38.8 Å². The molecule has 0 fully saturated rings. The summed E-state index contributed by atoms with van der Waals surface area (Å²) in [6.07, 6.45) is 1.47. The summed E-state index contributed by atoms with van der Waals surface area (Å²) in [5.41, 5.74) is 6.78. The Hall–Kier alpha value is -1.55. The summed E-state index contributed by atoms with van der Waals surface area (Å²) in [7, 11) is 1.63. The van der Waals surface area contributed by atoms with E-state index < -0.39 is 6.04 Å². The topological polar surface area (TPSA) is 64.4 Å². The van der Waals surface area contributed by atoms with E-state index in [2.05, 4.69) is 5.32 Å². The molecule has 18 heavy (non-hydrogen) atoms. The molecule has 3 N–H and O–H groups in total. The fraction of sp³-hybridized carbons (Fsp3) is 0.500. The fourth-order valence-electron chi connectivity index (χ4n) is 1.72. The highest BCUT2D eigenvalue weighted by atomic mass is 16.5. The molecule has 0 saturated heterocycles. The maximum absolute atomic E-state index is 11.8. The van der Waals surface area contributed by atoms with Gasteiger partial charge < -0.3 is 15.8 Å². The molecular weight excluding hydrogens is 228 g/mol. The number of carbonyl (C=O) groups excluding carboxylic acids is 1. The SMILES string of the molecule is CCC(N)C(=O)NC(CC)c1ccc(OC)cc1. The van der Waals surface area contributed by atoms with Crippen molar-refractivity contribution in [3.8, 4) is 5.75 Å². The lowest BCUT2D eigenvalue weighted by atomic mass is 10.0. The molecule has 0 heterocycles. The van der Waals surface area contributed by atoms with Crippen LogP contribution in [0.1, 0.15) is 38.3 Å². The Morgan fingerprint density at radius 1 is 1.28 bits per heavy atom. The summed E-state index contributed by atoms with van der Waals surface area (Å²) in [4.78, 5) is 11.8. The van der Waals surface area contributed by atoms with E-state index in [0.717, 1.165) is 17.7 Å². The first-order chi connectivity index (χ1) is 8.62. The molecule has 1 aromatic rings. The van der Waals surface area contributed by atoms with Crippen LogP contribution < -0.4 is 15.8 Å². The summed E-state index contributed by atoms with van der Waals surface area (Å²) < 4.78 is 5.11. The summed E-state index contributed by atoms with van der Waals surface area (Å²) in [6.45, 7) is 3.94. The van der Waals surface area contributed by atoms with Gasteiger partial charge in [-0.25, -0.2) is 0 Å². The van der Waals surface area contributed by atoms with Crippen LogP contribution in [0.25, 0.3) is 0 Å². The van der Waals surface area contributed by atoms with E-state index in [4.69, 9.17) is 10.5 Å². The fourth-order valence-corrected chi connectivity index (χ4v) is 1.72. The third kappa shape index (κ3) is 3.74. The standard InChI is InChI=1S/C14H22N2O2/c1-4-12(15)14(17)16-13(5-2)10-6-8-11(18-3)9-7-10/h6-9,12-13H,4-5,15H2,1-3H3,(H,16,17). The molecule has 1 amide bonds. The lowest BCUT2D eigenvalue weighted by Crippen LogP contribution is -2.41. The number of benzene rings is 1. The molecule has 0 aliphatic heterocycles. The molecule has 2 atom stereocenters. The van der Waals surface area contributed by atoms with Crippen molar-refractivity contribution < 1.29 is 9.53 Å². The van der Waals surface area contributed by atoms with E-state index in [1.807, 2.05) is 38.1 Å². The van der Waals surface area contributed by atoms with Gasteiger partial charge in [0.2, 0.25) is 5.91 Å². The maximum Gasteiger partial charge on any atom is 0.237 e. The monoisotopic (exact) mass is 250 g/mol. The number of carbonyl (C=O) groups is 1. The number of methoxy groups -OCH3 is 1. The predicted molar refractivity (Wildman–Crippen MR) is 72.4 cm³/mol. The van der Waals surface area contributed by atoms with Crippen LogP contribution in [0.5, 0.6) is 5.75 Å². The zero-order chi connectivity index (χ0) is 13.5. The van der Waals surface area contributed by atoms with E-state index in [9.17, 15) is 4.79 Å². The number of hydrogen-bond acceptors (Lipinski definition) is 3. The number of rotatable bonds is 6. The maximum atomic E-state index is 11.8. The van der Waals surface area contributed by atoms with Gasteiger partial charge in [-0.1, -0.05) is 26.0 Å². The molecule has 0 spiro atoms. The Kier molecular flexibility index (Phi) is 5.65. The number of nitrogens with one attached hydrogen (secondary N) is 1. The van der Waals surface area contributed by atoms with E-state index in [1.54, 1.807) is 7.11 Å². The quantitative estimate of drug-likeness (QED) is 0.811. The second-order valence-corrected chi connectivity index (χ2v) is 4.26. The average molecular weight is 250 g/mol. The van der Waals surface area contributed by atoms with E-state index in [-0.39, 0.29) is 11.9 Å². The molecular formula is C14H22N2O2. The van der Waals surface area contributed by atoms with Crippen molar-refractivity contribution in [3.05, 3.63) is 29.8 Å². The molecule has 2 unspecified atom stereocenters. The highest BCUT2D eigenvalue weighted by molar-refractivity contribution is 5.81. The first-order valence-electron chi connectivity index (χ1n) is 6.32. The van der Waals surface area contributed by atoms with E-state index in [1.165, 1.54) is 0 Å². The molecule has 0 radical (unpaired) electrons. The van der Waals surface area contributed by atoms with E-state index in [0.29, 0.717) is 6.42 Å². The first-order valence-corrected chi connectivity index (χ1v) is 6.32. The van der Waals surface area contributed by atoms with Crippen LogP contribution in [-0.4, -0.2) is 19.1 Å². The Balaban J connectivity index is 2.73. The van der Waals surface area contributed by atoms with Gasteiger partial charge in [0.05, 0.1) is 19.2 Å². The molecule has 0 saturated carbocycles. The normalized spacial score (nSPS) is 13.8. The second-order valence-electron chi connectivity index (χ2n) is 4.26. The largest absolute Gasteiger partial charge is 0.497 e. The van der Waals surface area contributed by atoms with Crippen LogP contribution in [-0.2, 0) is 4.79 Å². The number of amides is 1. The van der Waals surface area contributed by atoms with Crippen LogP contribution in [0.15, 0.2) is 24.3 Å². The number of hydrogen-bond donors (Lipinski definition) is 2. The molecule has 0 bridgehead atoms. The average Bonchev–Trinajstić information content (AvgIpc) is 2.43. The van der Waals surface area contributed by atoms with Crippen LogP contribution in [0, 0.1) is 0 Å². The minimum atomic E-state index is -0.433. The zero-order valence-electron chi connectivity index (χ0n) is 11.3. The molecule has 4 nitrogen and oxygen atoms in total. The molecule has 1 rings (SSSR count). The summed E-state index contributed by atoms with van der Waals surface area (Å²) in [5, 5.41) is 2.97. The first kappa shape index (κ1) is 14.5. The van der Waals surface area contributed by atoms with E-state index >= 15 is 0 Å². The van der Waals surface area contributed by atoms with Gasteiger partial charge in [0.1, 0.15) is 5.75 Å². The smallest absolute Gasteiger partial charge is 0.237 e. The molecule has 0 aliphatic carbocycles. The number of nitrogens with two attached hydrogens (primary N) is 1. The molecule has 0 aliphatic rings. The van der Waals surface area contributed by atoms with Crippen LogP contribution in [0.4, 0.5) is 0 Å². The Labute approximate surface area is 109 Å². The Bertz CT molecular complexity index is 376. The second kappa shape index (κ2) is 7.01. The van der Waals surface area contributed by atoms with Crippen LogP contribution >= 0.6 is 0 Å². The van der Waals surface area contributed by atoms with Gasteiger partial charge in [-0.3, -0.25) is 4.79 Å². The summed E-state index contributed by atoms with van der Waals surface area (Å²) in [6, 6.07) is 7.28. The van der Waals surface area contributed by atoms with Crippen LogP contribution in [0.3, 0.4) is 0 Å². The van der Waals surface area contributed by atoms with Crippen molar-refractivity contribution in [1.82, 2.24) is 5.32 Å². The Morgan fingerprint density at radius 2 is 1.89 bits per heavy atom. The van der Waals surface area contributed by atoms with Crippen LogP contribution in [0.2, 0.25) is 0 Å². The Morgan fingerprint density at radius 3 is 2.33 bits per heavy atom. The van der Waals surface area contributed by atoms with Crippen molar-refractivity contribution in [2.75, 3.05) is 7.11 Å². The summed E-state index contributed by atoms with van der Waals surface area (Å²) >= 11 is 0. The van der Waals surface area contributed by atoms with Gasteiger partial charge in [-0.05, 0) is 30.5 Å². The van der Waals surface area contributed by atoms with Gasteiger partial charge in [0.25, 0.3) is 0 Å². The predicted octanol–water partition coefficient (Wildman–Crippen LogP) is 2.00. The van der Waals surface area contributed by atoms with Gasteiger partial charge >= 0.3 is 0 Å². The van der Waals surface area contributed by atoms with Gasteiger partial charge in [-0.15, -0.1) is 0 Å². The third-order valence-corrected chi connectivity index (χ3v) is 3.02. The zero-order valence-corrected chi connectivity index (χ0v) is 11.3. The highest BCUT2D eigenvalue weighted by Crippen LogP contribution is 2.20. The molecule has 100 valence electrons.